The van der Waals surface area contributed by atoms with Crippen molar-refractivity contribution in [1.29, 1.82) is 0 Å². The number of aromatic nitrogens is 2. The highest BCUT2D eigenvalue weighted by atomic mass is 16.4. The highest BCUT2D eigenvalue weighted by Gasteiger charge is 2.27. The number of amides is 2. The van der Waals surface area contributed by atoms with Crippen molar-refractivity contribution in [2.75, 3.05) is 6.54 Å². The van der Waals surface area contributed by atoms with Gasteiger partial charge in [0.15, 0.2) is 0 Å². The van der Waals surface area contributed by atoms with Crippen molar-refractivity contribution in [3.05, 3.63) is 18.2 Å². The van der Waals surface area contributed by atoms with Gasteiger partial charge in [0, 0.05) is 18.3 Å². The lowest BCUT2D eigenvalue weighted by Crippen LogP contribution is -2.54. The van der Waals surface area contributed by atoms with E-state index in [9.17, 15) is 19.5 Å². The van der Waals surface area contributed by atoms with Gasteiger partial charge >= 0.3 is 5.97 Å². The van der Waals surface area contributed by atoms with Crippen molar-refractivity contribution in [3.63, 3.8) is 0 Å². The fraction of sp³-hybridized carbons (Fsp3) is 0.600. The number of hydrogen-bond acceptors (Lipinski definition) is 6. The monoisotopic (exact) mass is 354 g/mol. The molecule has 0 fully saturated rings. The molecule has 2 amide bonds. The number of carboxylic acid groups (broad SMARTS) is 1. The third-order valence-electron chi connectivity index (χ3n) is 3.59. The van der Waals surface area contributed by atoms with Crippen LogP contribution in [0.3, 0.4) is 0 Å². The molecule has 0 unspecified atom stereocenters. The Bertz CT molecular complexity index is 560. The van der Waals surface area contributed by atoms with E-state index in [1.165, 1.54) is 19.4 Å². The van der Waals surface area contributed by atoms with Crippen LogP contribution in [0.15, 0.2) is 12.5 Å². The number of H-pyrrole nitrogens is 1. The Morgan fingerprint density at radius 1 is 1.24 bits per heavy atom. The Morgan fingerprint density at radius 3 is 2.44 bits per heavy atom. The summed E-state index contributed by atoms with van der Waals surface area (Å²) in [6.07, 6.45) is 4.61. The standard InChI is InChI=1S/C15H26N6O4/c1-9(17)13(22)21-12(6-10-7-18-8-19-10)14(23)20-11(15(24)25)4-2-3-5-16/h7-9,11-12H,2-6,16-17H2,1H3,(H,18,19)(H,20,23)(H,21,22)(H,24,25)/t9-,11+,12+/m0/s1. The van der Waals surface area contributed by atoms with Gasteiger partial charge in [-0.1, -0.05) is 0 Å². The maximum absolute atomic E-state index is 12.5. The first-order valence-corrected chi connectivity index (χ1v) is 8.11. The van der Waals surface area contributed by atoms with Gasteiger partial charge in [0.1, 0.15) is 12.1 Å². The maximum Gasteiger partial charge on any atom is 0.326 e. The van der Waals surface area contributed by atoms with Crippen molar-refractivity contribution >= 4 is 17.8 Å². The average Bonchev–Trinajstić information content (AvgIpc) is 3.06. The highest BCUT2D eigenvalue weighted by molar-refractivity contribution is 5.91. The zero-order valence-electron chi connectivity index (χ0n) is 14.2. The summed E-state index contributed by atoms with van der Waals surface area (Å²) in [5, 5.41) is 14.3. The van der Waals surface area contributed by atoms with E-state index >= 15 is 0 Å². The number of carbonyl (C=O) groups is 3. The van der Waals surface area contributed by atoms with E-state index in [1.807, 2.05) is 0 Å². The van der Waals surface area contributed by atoms with E-state index in [-0.39, 0.29) is 12.8 Å². The van der Waals surface area contributed by atoms with Crippen LogP contribution in [0.5, 0.6) is 0 Å². The Hall–Kier alpha value is -2.46. The normalized spacial score (nSPS) is 14.4. The predicted octanol–water partition coefficient (Wildman–Crippen LogP) is -1.52. The molecule has 0 aliphatic rings. The molecule has 1 rings (SSSR count). The van der Waals surface area contributed by atoms with Crippen LogP contribution >= 0.6 is 0 Å². The van der Waals surface area contributed by atoms with Gasteiger partial charge in [0.05, 0.1) is 12.4 Å². The van der Waals surface area contributed by atoms with Crippen molar-refractivity contribution in [2.45, 2.75) is 50.7 Å². The van der Waals surface area contributed by atoms with Crippen LogP contribution < -0.4 is 22.1 Å². The predicted molar refractivity (Wildman–Crippen MR) is 90.3 cm³/mol. The van der Waals surface area contributed by atoms with E-state index in [1.54, 1.807) is 0 Å². The number of nitrogens with zero attached hydrogens (tertiary/aromatic N) is 1. The van der Waals surface area contributed by atoms with Crippen LogP contribution in [0, 0.1) is 0 Å². The van der Waals surface area contributed by atoms with Crippen molar-refractivity contribution in [3.8, 4) is 0 Å². The van der Waals surface area contributed by atoms with Crippen LogP contribution in [-0.2, 0) is 20.8 Å². The molecule has 10 nitrogen and oxygen atoms in total. The van der Waals surface area contributed by atoms with Crippen LogP contribution in [0.25, 0.3) is 0 Å². The molecule has 140 valence electrons. The molecule has 0 aliphatic heterocycles. The third-order valence-corrected chi connectivity index (χ3v) is 3.59. The molecule has 0 spiro atoms. The molecule has 0 radical (unpaired) electrons. The lowest BCUT2D eigenvalue weighted by atomic mass is 10.1. The molecule has 25 heavy (non-hydrogen) atoms. The number of nitrogens with two attached hydrogens (primary N) is 2. The van der Waals surface area contributed by atoms with Crippen molar-refractivity contribution < 1.29 is 19.5 Å². The van der Waals surface area contributed by atoms with Gasteiger partial charge in [-0.2, -0.15) is 0 Å². The number of aromatic amines is 1. The largest absolute Gasteiger partial charge is 0.480 e. The Balaban J connectivity index is 2.78. The van der Waals surface area contributed by atoms with Gasteiger partial charge in [-0.05, 0) is 32.7 Å². The second kappa shape index (κ2) is 10.4. The Kier molecular flexibility index (Phi) is 8.57. The number of carboxylic acids is 1. The first-order valence-electron chi connectivity index (χ1n) is 8.11. The van der Waals surface area contributed by atoms with Crippen molar-refractivity contribution in [1.82, 2.24) is 20.6 Å². The summed E-state index contributed by atoms with van der Waals surface area (Å²) in [6.45, 7) is 1.94. The first-order chi connectivity index (χ1) is 11.8. The second-order valence-corrected chi connectivity index (χ2v) is 5.81. The number of rotatable bonds is 11. The number of unbranched alkanes of at least 4 members (excludes halogenated alkanes) is 1. The maximum atomic E-state index is 12.5. The highest BCUT2D eigenvalue weighted by Crippen LogP contribution is 2.04. The lowest BCUT2D eigenvalue weighted by molar-refractivity contribution is -0.142. The molecule has 0 bridgehead atoms. The molecule has 0 aliphatic carbocycles. The zero-order chi connectivity index (χ0) is 18.8. The molecule has 10 heteroatoms. The molecule has 0 aromatic carbocycles. The van der Waals surface area contributed by atoms with Gasteiger partial charge in [-0.3, -0.25) is 9.59 Å². The van der Waals surface area contributed by atoms with E-state index in [0.29, 0.717) is 25.1 Å². The van der Waals surface area contributed by atoms with Gasteiger partial charge in [-0.25, -0.2) is 9.78 Å². The topological polar surface area (TPSA) is 176 Å². The molecule has 3 atom stereocenters. The Labute approximate surface area is 145 Å². The number of nitrogens with one attached hydrogen (secondary N) is 3. The number of aliphatic carboxylic acids is 1. The first kappa shape index (κ1) is 20.6. The quantitative estimate of drug-likeness (QED) is 0.261. The van der Waals surface area contributed by atoms with E-state index < -0.39 is 35.9 Å². The lowest BCUT2D eigenvalue weighted by Gasteiger charge is -2.22. The fourth-order valence-corrected chi connectivity index (χ4v) is 2.15. The summed E-state index contributed by atoms with van der Waals surface area (Å²) in [5.74, 6) is -2.23. The summed E-state index contributed by atoms with van der Waals surface area (Å²) in [7, 11) is 0. The molecular formula is C15H26N6O4. The summed E-state index contributed by atoms with van der Waals surface area (Å²) < 4.78 is 0. The minimum absolute atomic E-state index is 0.138. The second-order valence-electron chi connectivity index (χ2n) is 5.81. The number of carbonyl (C=O) groups excluding carboxylic acids is 2. The minimum atomic E-state index is -1.14. The zero-order valence-corrected chi connectivity index (χ0v) is 14.2. The third kappa shape index (κ3) is 7.31. The molecule has 1 aromatic rings. The van der Waals surface area contributed by atoms with E-state index in [4.69, 9.17) is 11.5 Å². The van der Waals surface area contributed by atoms with Crippen molar-refractivity contribution in [2.24, 2.45) is 11.5 Å². The van der Waals surface area contributed by atoms with E-state index in [2.05, 4.69) is 20.6 Å². The van der Waals surface area contributed by atoms with Crippen LogP contribution in [0.1, 0.15) is 31.9 Å². The Morgan fingerprint density at radius 2 is 1.92 bits per heavy atom. The fourth-order valence-electron chi connectivity index (χ4n) is 2.15. The van der Waals surface area contributed by atoms with Crippen LogP contribution in [-0.4, -0.2) is 57.5 Å². The van der Waals surface area contributed by atoms with Crippen LogP contribution in [0.4, 0.5) is 0 Å². The number of imidazole rings is 1. The summed E-state index contributed by atoms with van der Waals surface area (Å²) >= 11 is 0. The minimum Gasteiger partial charge on any atom is -0.480 e. The molecular weight excluding hydrogens is 328 g/mol. The smallest absolute Gasteiger partial charge is 0.326 e. The van der Waals surface area contributed by atoms with Gasteiger partial charge < -0.3 is 32.2 Å². The van der Waals surface area contributed by atoms with E-state index in [0.717, 1.165) is 0 Å². The molecule has 0 saturated carbocycles. The van der Waals surface area contributed by atoms with Gasteiger partial charge in [0.25, 0.3) is 0 Å². The summed E-state index contributed by atoms with van der Waals surface area (Å²) in [4.78, 5) is 42.4. The molecule has 0 saturated heterocycles. The van der Waals surface area contributed by atoms with Gasteiger partial charge in [-0.15, -0.1) is 0 Å². The molecule has 1 heterocycles. The molecule has 1 aromatic heterocycles. The summed E-state index contributed by atoms with van der Waals surface area (Å²) in [6, 6.07) is -2.80. The van der Waals surface area contributed by atoms with Crippen LogP contribution in [0.2, 0.25) is 0 Å². The summed E-state index contributed by atoms with van der Waals surface area (Å²) in [5.41, 5.74) is 11.5. The molecule has 8 N–H and O–H groups in total. The van der Waals surface area contributed by atoms with Gasteiger partial charge in [0.2, 0.25) is 11.8 Å². The average molecular weight is 354 g/mol. The SMILES string of the molecule is C[C@H](N)C(=O)N[C@H](Cc1cnc[nH]1)C(=O)N[C@H](CCCCN)C(=O)O. The number of hydrogen-bond donors (Lipinski definition) is 6.